The van der Waals surface area contributed by atoms with Crippen LogP contribution in [0.3, 0.4) is 0 Å². The summed E-state index contributed by atoms with van der Waals surface area (Å²) in [6, 6.07) is 15.7. The predicted molar refractivity (Wildman–Crippen MR) is 103 cm³/mol. The van der Waals surface area contributed by atoms with Crippen LogP contribution in [0.5, 0.6) is 0 Å². The first-order chi connectivity index (χ1) is 11.7. The molecule has 0 bridgehead atoms. The molecule has 124 valence electrons. The van der Waals surface area contributed by atoms with Gasteiger partial charge in [-0.3, -0.25) is 0 Å². The average molecular weight is 404 g/mol. The first kappa shape index (κ1) is 18.3. The van der Waals surface area contributed by atoms with Gasteiger partial charge >= 0.3 is 0 Å². The van der Waals surface area contributed by atoms with Crippen molar-refractivity contribution >= 4 is 0 Å². The molecule has 0 N–H and O–H groups in total. The molecule has 2 aromatic carbocycles. The number of hydrogen-bond acceptors (Lipinski definition) is 0. The van der Waals surface area contributed by atoms with Crippen LogP contribution in [0.4, 0.5) is 0 Å². The summed E-state index contributed by atoms with van der Waals surface area (Å²) in [4.78, 5) is 0. The maximum atomic E-state index is 3.95. The summed E-state index contributed by atoms with van der Waals surface area (Å²) in [5, 5.41) is 0. The third-order valence-corrected chi connectivity index (χ3v) is 5.77. The molecule has 1 heteroatoms. The van der Waals surface area contributed by atoms with Gasteiger partial charge in [0.2, 0.25) is 0 Å². The van der Waals surface area contributed by atoms with E-state index in [-0.39, 0.29) is 31.6 Å². The van der Waals surface area contributed by atoms with Gasteiger partial charge in [-0.25, -0.2) is 0 Å². The molecule has 4 rings (SSSR count). The van der Waals surface area contributed by atoms with E-state index in [1.807, 2.05) is 0 Å². The van der Waals surface area contributed by atoms with Gasteiger partial charge in [-0.2, -0.15) is 0 Å². The normalized spacial score (nSPS) is 16.4. The van der Waals surface area contributed by atoms with Gasteiger partial charge in [0.25, 0.3) is 0 Å². The van der Waals surface area contributed by atoms with Gasteiger partial charge in [0.15, 0.2) is 0 Å². The molecule has 2 aliphatic carbocycles. The van der Waals surface area contributed by atoms with Crippen LogP contribution in [-0.2, 0) is 38.0 Å². The number of benzene rings is 2. The topological polar surface area (TPSA) is 0 Å². The average Bonchev–Trinajstić information content (AvgIpc) is 3.27. The van der Waals surface area contributed by atoms with Crippen molar-refractivity contribution in [2.75, 3.05) is 0 Å². The summed E-state index contributed by atoms with van der Waals surface area (Å²) in [5.41, 5.74) is 8.97. The van der Waals surface area contributed by atoms with Crippen LogP contribution in [0.15, 0.2) is 78.9 Å². The fraction of sp³-hybridized carbons (Fsp3) is 0.250. The molecule has 2 aromatic rings. The van der Waals surface area contributed by atoms with Crippen LogP contribution in [0.2, 0.25) is 0 Å². The van der Waals surface area contributed by atoms with Crippen LogP contribution in [0.1, 0.15) is 42.9 Å². The molecular formula is C24H24Zr. The maximum Gasteiger partial charge on any atom is 0.0145 e. The monoisotopic (exact) mass is 402 g/mol. The van der Waals surface area contributed by atoms with Gasteiger partial charge in [-0.1, -0.05) is 79.3 Å². The summed E-state index contributed by atoms with van der Waals surface area (Å²) in [6.07, 6.45) is 13.2. The number of hydrogen-bond donors (Lipinski definition) is 0. The fourth-order valence-corrected chi connectivity index (χ4v) is 4.39. The molecule has 0 aliphatic heterocycles. The quantitative estimate of drug-likeness (QED) is 0.434. The van der Waals surface area contributed by atoms with E-state index in [1.165, 1.54) is 33.4 Å². The minimum atomic E-state index is 0. The van der Waals surface area contributed by atoms with Gasteiger partial charge < -0.3 is 0 Å². The Morgan fingerprint density at radius 3 is 2.64 bits per heavy atom. The molecule has 0 heterocycles. The van der Waals surface area contributed by atoms with Crippen molar-refractivity contribution in [1.29, 1.82) is 0 Å². The molecule has 0 aromatic heterocycles. The summed E-state index contributed by atoms with van der Waals surface area (Å²) >= 11 is 0. The van der Waals surface area contributed by atoms with Gasteiger partial charge in [-0.15, -0.1) is 6.58 Å². The third-order valence-electron chi connectivity index (χ3n) is 5.77. The van der Waals surface area contributed by atoms with Gasteiger partial charge in [0.1, 0.15) is 0 Å². The molecule has 25 heavy (non-hydrogen) atoms. The molecule has 0 fully saturated rings. The standard InChI is InChI=1S/C24H24.Zr/c1-3-4-16-24(2,19-11-6-7-12-19)23-15-9-14-21-20-13-8-5-10-18(20)17-22(21)23;/h3,5-11,13-15H,1,4,12,16-17H2,2H3;. The SMILES string of the molecule is C=CCCC(C)(C1=CC=CC1)c1cccc2c1Cc1ccccc1-2.[Zr]. The Hall–Kier alpha value is -1.46. The van der Waals surface area contributed by atoms with E-state index in [0.717, 1.165) is 25.7 Å². The molecule has 2 aliphatic rings. The van der Waals surface area contributed by atoms with Gasteiger partial charge in [0, 0.05) is 31.6 Å². The molecule has 0 radical (unpaired) electrons. The Labute approximate surface area is 170 Å². The summed E-state index contributed by atoms with van der Waals surface area (Å²) in [6.45, 7) is 6.38. The maximum absolute atomic E-state index is 3.95. The Bertz CT molecular complexity index is 856. The van der Waals surface area contributed by atoms with Crippen molar-refractivity contribution in [2.45, 2.75) is 38.0 Å². The summed E-state index contributed by atoms with van der Waals surface area (Å²) < 4.78 is 0. The van der Waals surface area contributed by atoms with Crippen molar-refractivity contribution < 1.29 is 26.2 Å². The van der Waals surface area contributed by atoms with E-state index in [1.54, 1.807) is 0 Å². The molecule has 0 saturated heterocycles. The predicted octanol–water partition coefficient (Wildman–Crippen LogP) is 6.37. The van der Waals surface area contributed by atoms with Crippen molar-refractivity contribution in [3.8, 4) is 11.1 Å². The largest absolute Gasteiger partial charge is 0.103 e. The molecule has 1 atom stereocenters. The van der Waals surface area contributed by atoms with Crippen LogP contribution >= 0.6 is 0 Å². The number of fused-ring (bicyclic) bond motifs is 3. The Balaban J connectivity index is 0.00000182. The first-order valence-electron chi connectivity index (χ1n) is 8.92. The van der Waals surface area contributed by atoms with Crippen molar-refractivity contribution in [1.82, 2.24) is 0 Å². The third kappa shape index (κ3) is 3.08. The first-order valence-corrected chi connectivity index (χ1v) is 8.92. The van der Waals surface area contributed by atoms with Crippen molar-refractivity contribution in [3.05, 3.63) is 95.6 Å². The molecular weight excluding hydrogens is 379 g/mol. The van der Waals surface area contributed by atoms with E-state index in [9.17, 15) is 0 Å². The molecule has 0 saturated carbocycles. The van der Waals surface area contributed by atoms with Gasteiger partial charge in [0.05, 0.1) is 0 Å². The summed E-state index contributed by atoms with van der Waals surface area (Å²) in [7, 11) is 0. The number of allylic oxidation sites excluding steroid dienone is 5. The second-order valence-electron chi connectivity index (χ2n) is 7.15. The van der Waals surface area contributed by atoms with Gasteiger partial charge in [-0.05, 0) is 53.5 Å². The smallest absolute Gasteiger partial charge is 0.0145 e. The second kappa shape index (κ2) is 7.42. The van der Waals surface area contributed by atoms with E-state index < -0.39 is 0 Å². The van der Waals surface area contributed by atoms with E-state index in [0.29, 0.717) is 0 Å². The second-order valence-corrected chi connectivity index (χ2v) is 7.15. The zero-order chi connectivity index (χ0) is 16.6. The minimum absolute atomic E-state index is 0. The molecule has 0 spiro atoms. The Morgan fingerprint density at radius 2 is 1.88 bits per heavy atom. The molecule has 0 nitrogen and oxygen atoms in total. The zero-order valence-electron chi connectivity index (χ0n) is 14.9. The van der Waals surface area contributed by atoms with Crippen molar-refractivity contribution in [2.24, 2.45) is 0 Å². The fourth-order valence-electron chi connectivity index (χ4n) is 4.39. The summed E-state index contributed by atoms with van der Waals surface area (Å²) in [5.74, 6) is 0. The van der Waals surface area contributed by atoms with Crippen LogP contribution in [-0.4, -0.2) is 0 Å². The Kier molecular flexibility index (Phi) is 5.44. The Morgan fingerprint density at radius 1 is 1.08 bits per heavy atom. The number of rotatable bonds is 5. The van der Waals surface area contributed by atoms with E-state index >= 15 is 0 Å². The van der Waals surface area contributed by atoms with Crippen LogP contribution < -0.4 is 0 Å². The molecule has 0 amide bonds. The van der Waals surface area contributed by atoms with E-state index in [4.69, 9.17) is 0 Å². The molecule has 1 unspecified atom stereocenters. The van der Waals surface area contributed by atoms with Crippen LogP contribution in [0, 0.1) is 0 Å². The zero-order valence-corrected chi connectivity index (χ0v) is 17.3. The van der Waals surface area contributed by atoms with E-state index in [2.05, 4.69) is 80.3 Å². The van der Waals surface area contributed by atoms with Crippen molar-refractivity contribution in [3.63, 3.8) is 0 Å². The minimum Gasteiger partial charge on any atom is -0.103 e. The van der Waals surface area contributed by atoms with Crippen LogP contribution in [0.25, 0.3) is 11.1 Å².